The Morgan fingerprint density at radius 3 is 2.02 bits per heavy atom. The predicted octanol–water partition coefficient (Wildman–Crippen LogP) is 13.3. The van der Waals surface area contributed by atoms with E-state index in [2.05, 4.69) is 141 Å². The van der Waals surface area contributed by atoms with Gasteiger partial charge in [0.2, 0.25) is 0 Å². The van der Waals surface area contributed by atoms with E-state index < -0.39 is 0 Å². The predicted molar refractivity (Wildman–Crippen MR) is 208 cm³/mol. The van der Waals surface area contributed by atoms with Gasteiger partial charge in [-0.05, 0) is 138 Å². The second kappa shape index (κ2) is 10.1. The number of hydrogen-bond donors (Lipinski definition) is 0. The number of rotatable bonds is 4. The third-order valence-electron chi connectivity index (χ3n) is 13.5. The molecule has 7 aromatic rings. The van der Waals surface area contributed by atoms with Crippen LogP contribution in [0.15, 0.2) is 120 Å². The molecule has 4 saturated carbocycles. The van der Waals surface area contributed by atoms with Gasteiger partial charge in [0.15, 0.2) is 0 Å². The summed E-state index contributed by atoms with van der Waals surface area (Å²) < 4.78 is 6.63. The summed E-state index contributed by atoms with van der Waals surface area (Å²) in [5, 5.41) is 4.73. The van der Waals surface area contributed by atoms with Crippen molar-refractivity contribution < 1.29 is 4.42 Å². The van der Waals surface area contributed by atoms with Crippen molar-refractivity contribution in [2.45, 2.75) is 70.1 Å². The SMILES string of the molecule is Cc1cccc2oc3c4ccccc4c(N(c4ccc(C56CC7CC(CC(C7)C5)C6)cc4)c4ccc5c(c4)C(C)(C)c4ccccc4-5)cc3c12. The van der Waals surface area contributed by atoms with Crippen LogP contribution in [0.5, 0.6) is 0 Å². The fraction of sp³-hybridized carbons (Fsp3) is 0.292. The van der Waals surface area contributed by atoms with E-state index in [9.17, 15) is 0 Å². The van der Waals surface area contributed by atoms with Crippen LogP contribution < -0.4 is 4.90 Å². The van der Waals surface area contributed by atoms with Crippen LogP contribution in [0, 0.1) is 24.7 Å². The molecule has 5 aliphatic carbocycles. The van der Waals surface area contributed by atoms with E-state index in [1.54, 1.807) is 5.56 Å². The molecule has 2 nitrogen and oxygen atoms in total. The second-order valence-corrected chi connectivity index (χ2v) is 16.8. The minimum Gasteiger partial charge on any atom is -0.455 e. The van der Waals surface area contributed by atoms with Crippen molar-refractivity contribution in [2.75, 3.05) is 4.90 Å². The molecule has 1 heterocycles. The minimum absolute atomic E-state index is 0.0835. The molecule has 0 N–H and O–H groups in total. The Morgan fingerprint density at radius 2 is 1.26 bits per heavy atom. The van der Waals surface area contributed by atoms with Gasteiger partial charge in [0, 0.05) is 38.3 Å². The molecule has 5 aliphatic rings. The van der Waals surface area contributed by atoms with Crippen LogP contribution in [0.1, 0.15) is 74.6 Å². The Labute approximate surface area is 294 Å². The van der Waals surface area contributed by atoms with Crippen LogP contribution >= 0.6 is 0 Å². The van der Waals surface area contributed by atoms with Crippen molar-refractivity contribution in [3.63, 3.8) is 0 Å². The molecule has 0 atom stereocenters. The normalized spacial score (nSPS) is 24.3. The molecule has 0 amide bonds. The zero-order valence-electron chi connectivity index (χ0n) is 29.3. The van der Waals surface area contributed by atoms with E-state index in [0.29, 0.717) is 5.41 Å². The molecule has 0 unspecified atom stereocenters. The van der Waals surface area contributed by atoms with Crippen LogP contribution in [0.2, 0.25) is 0 Å². The average Bonchev–Trinajstić information content (AvgIpc) is 3.61. The van der Waals surface area contributed by atoms with E-state index in [-0.39, 0.29) is 5.41 Å². The Balaban J connectivity index is 1.14. The smallest absolute Gasteiger partial charge is 0.143 e. The number of nitrogens with zero attached hydrogens (tertiary/aromatic N) is 1. The van der Waals surface area contributed by atoms with E-state index >= 15 is 0 Å². The van der Waals surface area contributed by atoms with Crippen LogP contribution in [0.4, 0.5) is 17.1 Å². The number of anilines is 3. The highest BCUT2D eigenvalue weighted by Gasteiger charge is 2.51. The van der Waals surface area contributed by atoms with Gasteiger partial charge in [-0.25, -0.2) is 0 Å². The molecule has 4 bridgehead atoms. The summed E-state index contributed by atoms with van der Waals surface area (Å²) in [6.45, 7) is 6.97. The largest absolute Gasteiger partial charge is 0.455 e. The highest BCUT2D eigenvalue weighted by atomic mass is 16.3. The molecule has 6 aromatic carbocycles. The zero-order chi connectivity index (χ0) is 33.4. The van der Waals surface area contributed by atoms with Gasteiger partial charge in [-0.15, -0.1) is 0 Å². The Morgan fingerprint density at radius 1 is 0.600 bits per heavy atom. The number of benzene rings is 6. The molecular formula is C48H43NO. The molecule has 0 radical (unpaired) electrons. The van der Waals surface area contributed by atoms with Gasteiger partial charge >= 0.3 is 0 Å². The van der Waals surface area contributed by atoms with Gasteiger partial charge in [-0.1, -0.05) is 92.7 Å². The first-order chi connectivity index (χ1) is 24.4. The molecule has 12 rings (SSSR count). The summed E-state index contributed by atoms with van der Waals surface area (Å²) in [5.74, 6) is 2.80. The van der Waals surface area contributed by atoms with Gasteiger partial charge in [0.25, 0.3) is 0 Å². The van der Waals surface area contributed by atoms with Gasteiger partial charge in [0.05, 0.1) is 5.69 Å². The van der Waals surface area contributed by atoms with E-state index in [1.165, 1.54) is 99.6 Å². The van der Waals surface area contributed by atoms with Gasteiger partial charge < -0.3 is 9.32 Å². The molecule has 1 aromatic heterocycles. The summed E-state index contributed by atoms with van der Waals surface area (Å²) in [6, 6.07) is 43.6. The quantitative estimate of drug-likeness (QED) is 0.189. The summed E-state index contributed by atoms with van der Waals surface area (Å²) in [5.41, 5.74) is 14.1. The van der Waals surface area contributed by atoms with E-state index in [0.717, 1.165) is 34.3 Å². The molecule has 4 fully saturated rings. The number of fused-ring (bicyclic) bond motifs is 8. The molecule has 246 valence electrons. The van der Waals surface area contributed by atoms with Gasteiger partial charge in [0.1, 0.15) is 11.2 Å². The van der Waals surface area contributed by atoms with Crippen LogP contribution in [-0.4, -0.2) is 0 Å². The number of aryl methyl sites for hydroxylation is 1. The zero-order valence-corrected chi connectivity index (χ0v) is 29.3. The van der Waals surface area contributed by atoms with Crippen molar-refractivity contribution >= 4 is 49.8 Å². The average molecular weight is 650 g/mol. The summed E-state index contributed by atoms with van der Waals surface area (Å²) >= 11 is 0. The van der Waals surface area contributed by atoms with Crippen LogP contribution in [0.25, 0.3) is 43.8 Å². The highest BCUT2D eigenvalue weighted by Crippen LogP contribution is 2.61. The summed E-state index contributed by atoms with van der Waals surface area (Å²) in [6.07, 6.45) is 8.58. The fourth-order valence-electron chi connectivity index (χ4n) is 11.7. The molecule has 2 heteroatoms. The molecule has 0 spiro atoms. The van der Waals surface area contributed by atoms with E-state index in [4.69, 9.17) is 4.42 Å². The van der Waals surface area contributed by atoms with Crippen molar-refractivity contribution in [2.24, 2.45) is 17.8 Å². The number of hydrogen-bond acceptors (Lipinski definition) is 2. The van der Waals surface area contributed by atoms with Crippen molar-refractivity contribution in [1.29, 1.82) is 0 Å². The lowest BCUT2D eigenvalue weighted by Crippen LogP contribution is -2.48. The Kier molecular flexibility index (Phi) is 5.87. The lowest BCUT2D eigenvalue weighted by atomic mass is 9.48. The molecule has 0 aliphatic heterocycles. The Hall–Kier alpha value is -4.82. The molecular weight excluding hydrogens is 607 g/mol. The molecule has 50 heavy (non-hydrogen) atoms. The maximum absolute atomic E-state index is 6.63. The van der Waals surface area contributed by atoms with Crippen LogP contribution in [-0.2, 0) is 10.8 Å². The minimum atomic E-state index is -0.0835. The fourth-order valence-corrected chi connectivity index (χ4v) is 11.7. The first-order valence-corrected chi connectivity index (χ1v) is 18.8. The first-order valence-electron chi connectivity index (χ1n) is 18.8. The topological polar surface area (TPSA) is 16.4 Å². The first kappa shape index (κ1) is 29.0. The van der Waals surface area contributed by atoms with Gasteiger partial charge in [-0.2, -0.15) is 0 Å². The number of furan rings is 1. The Bertz CT molecular complexity index is 2480. The van der Waals surface area contributed by atoms with Crippen molar-refractivity contribution in [3.05, 3.63) is 138 Å². The van der Waals surface area contributed by atoms with Crippen molar-refractivity contribution in [3.8, 4) is 11.1 Å². The standard InChI is InChI=1S/C48H43NO/c1-29-9-8-14-44-45(29)40-25-43(38-11-4-5-12-39(38)46(40)50-44)49(35-19-20-37-36-10-6-7-13-41(36)47(2,3)42(37)24-35)34-17-15-33(16-18-34)48-26-30-21-31(27-48)23-32(22-30)28-48/h4-20,24-25,30-32H,21-23,26-28H2,1-3H3. The lowest BCUT2D eigenvalue weighted by Gasteiger charge is -2.57. The lowest BCUT2D eigenvalue weighted by molar-refractivity contribution is -0.00518. The van der Waals surface area contributed by atoms with Gasteiger partial charge in [-0.3, -0.25) is 0 Å². The molecule has 0 saturated heterocycles. The van der Waals surface area contributed by atoms with Crippen molar-refractivity contribution in [1.82, 2.24) is 0 Å². The highest BCUT2D eigenvalue weighted by molar-refractivity contribution is 6.20. The monoisotopic (exact) mass is 649 g/mol. The summed E-state index contributed by atoms with van der Waals surface area (Å²) in [7, 11) is 0. The maximum Gasteiger partial charge on any atom is 0.143 e. The summed E-state index contributed by atoms with van der Waals surface area (Å²) in [4.78, 5) is 2.53. The second-order valence-electron chi connectivity index (χ2n) is 16.8. The maximum atomic E-state index is 6.63. The third kappa shape index (κ3) is 3.97. The third-order valence-corrected chi connectivity index (χ3v) is 13.5. The van der Waals surface area contributed by atoms with Crippen LogP contribution in [0.3, 0.4) is 0 Å². The van der Waals surface area contributed by atoms with E-state index in [1.807, 2.05) is 0 Å².